The number of anilines is 1. The van der Waals surface area contributed by atoms with Crippen molar-refractivity contribution >= 4 is 35.2 Å². The number of nitrogens with zero attached hydrogens (tertiary/aromatic N) is 1. The third kappa shape index (κ3) is 11.4. The van der Waals surface area contributed by atoms with E-state index in [1.54, 1.807) is 17.6 Å². The van der Waals surface area contributed by atoms with E-state index in [1.165, 1.54) is 11.8 Å². The van der Waals surface area contributed by atoms with Crippen molar-refractivity contribution in [2.75, 3.05) is 43.7 Å². The molecule has 0 unspecified atom stereocenters. The van der Waals surface area contributed by atoms with E-state index in [-0.39, 0.29) is 24.8 Å². The molecule has 1 rings (SSSR count). The number of rotatable bonds is 16. The third-order valence-corrected chi connectivity index (χ3v) is 5.90. The van der Waals surface area contributed by atoms with E-state index in [9.17, 15) is 14.4 Å². The number of amides is 3. The standard InChI is InChI=1S/C22H36N4O5S/c1-26(2)18-11-9-17(10-12-18)21(29)24-19(16-32-15-7-8-20(28)25-31)22(30)23-13-5-3-4-6-14-27/h9-12,19,27,31H,3-8,13-16H2,1-2H3,(H,23,30)(H,24,29)(H,25,28)/t19-/m0/s1. The van der Waals surface area contributed by atoms with Crippen molar-refractivity contribution in [2.45, 2.75) is 44.6 Å². The fourth-order valence-electron chi connectivity index (χ4n) is 2.85. The van der Waals surface area contributed by atoms with E-state index in [4.69, 9.17) is 10.3 Å². The predicted molar refractivity (Wildman–Crippen MR) is 127 cm³/mol. The van der Waals surface area contributed by atoms with Crippen LogP contribution in [-0.2, 0) is 9.59 Å². The van der Waals surface area contributed by atoms with Crippen LogP contribution < -0.4 is 21.0 Å². The van der Waals surface area contributed by atoms with Crippen molar-refractivity contribution in [3.8, 4) is 0 Å². The van der Waals surface area contributed by atoms with Gasteiger partial charge >= 0.3 is 0 Å². The number of aliphatic hydroxyl groups is 1. The number of thioether (sulfide) groups is 1. The first-order valence-electron chi connectivity index (χ1n) is 10.9. The van der Waals surface area contributed by atoms with E-state index in [0.717, 1.165) is 31.4 Å². The first-order valence-corrected chi connectivity index (χ1v) is 12.0. The number of aliphatic hydroxyl groups excluding tert-OH is 1. The predicted octanol–water partition coefficient (Wildman–Crippen LogP) is 1.54. The number of unbranched alkanes of at least 4 members (excludes halogenated alkanes) is 3. The van der Waals surface area contributed by atoms with Gasteiger partial charge in [0.2, 0.25) is 11.8 Å². The van der Waals surface area contributed by atoms with Gasteiger partial charge in [-0.3, -0.25) is 19.6 Å². The Kier molecular flexibility index (Phi) is 14.2. The number of hydrogen-bond acceptors (Lipinski definition) is 7. The maximum Gasteiger partial charge on any atom is 0.251 e. The minimum absolute atomic E-state index is 0.174. The van der Waals surface area contributed by atoms with Gasteiger partial charge in [0.05, 0.1) is 0 Å². The number of carbonyl (C=O) groups excluding carboxylic acids is 3. The summed E-state index contributed by atoms with van der Waals surface area (Å²) in [5.41, 5.74) is 3.04. The van der Waals surface area contributed by atoms with Gasteiger partial charge in [0, 0.05) is 50.7 Å². The van der Waals surface area contributed by atoms with Crippen LogP contribution in [0.15, 0.2) is 24.3 Å². The molecule has 5 N–H and O–H groups in total. The van der Waals surface area contributed by atoms with Crippen LogP contribution in [0.1, 0.15) is 48.9 Å². The van der Waals surface area contributed by atoms with Crippen molar-refractivity contribution < 1.29 is 24.7 Å². The summed E-state index contributed by atoms with van der Waals surface area (Å²) in [5, 5.41) is 23.0. The summed E-state index contributed by atoms with van der Waals surface area (Å²) in [6.07, 6.45) is 4.13. The fourth-order valence-corrected chi connectivity index (χ4v) is 3.84. The number of benzene rings is 1. The first-order chi connectivity index (χ1) is 15.4. The Morgan fingerprint density at radius 3 is 2.34 bits per heavy atom. The van der Waals surface area contributed by atoms with Gasteiger partial charge in [0.25, 0.3) is 5.91 Å². The van der Waals surface area contributed by atoms with Gasteiger partial charge in [-0.2, -0.15) is 11.8 Å². The van der Waals surface area contributed by atoms with Crippen molar-refractivity contribution in [3.63, 3.8) is 0 Å². The Morgan fingerprint density at radius 1 is 1.03 bits per heavy atom. The molecule has 0 radical (unpaired) electrons. The molecule has 1 aromatic carbocycles. The molecule has 1 aromatic rings. The zero-order valence-electron chi connectivity index (χ0n) is 18.9. The van der Waals surface area contributed by atoms with Gasteiger partial charge in [0.1, 0.15) is 6.04 Å². The van der Waals surface area contributed by atoms with Gasteiger partial charge < -0.3 is 20.6 Å². The quantitative estimate of drug-likeness (QED) is 0.141. The summed E-state index contributed by atoms with van der Waals surface area (Å²) in [6, 6.07) is 6.43. The Morgan fingerprint density at radius 2 is 1.72 bits per heavy atom. The molecule has 1 atom stereocenters. The summed E-state index contributed by atoms with van der Waals surface area (Å²) < 4.78 is 0. The van der Waals surface area contributed by atoms with Gasteiger partial charge in [-0.05, 0) is 49.3 Å². The lowest BCUT2D eigenvalue weighted by molar-refractivity contribution is -0.129. The van der Waals surface area contributed by atoms with E-state index < -0.39 is 11.9 Å². The second kappa shape index (κ2) is 16.3. The molecule has 0 bridgehead atoms. The highest BCUT2D eigenvalue weighted by atomic mass is 32.2. The highest BCUT2D eigenvalue weighted by Crippen LogP contribution is 2.13. The largest absolute Gasteiger partial charge is 0.396 e. The van der Waals surface area contributed by atoms with E-state index >= 15 is 0 Å². The molecule has 0 aliphatic carbocycles. The summed E-state index contributed by atoms with van der Waals surface area (Å²) in [6.45, 7) is 0.683. The zero-order valence-corrected chi connectivity index (χ0v) is 19.7. The van der Waals surface area contributed by atoms with Crippen molar-refractivity contribution in [1.82, 2.24) is 16.1 Å². The van der Waals surface area contributed by atoms with Crippen LogP contribution in [0.5, 0.6) is 0 Å². The lowest BCUT2D eigenvalue weighted by Gasteiger charge is -2.19. The van der Waals surface area contributed by atoms with Gasteiger partial charge in [-0.15, -0.1) is 0 Å². The molecule has 0 aliphatic rings. The molecule has 32 heavy (non-hydrogen) atoms. The summed E-state index contributed by atoms with van der Waals surface area (Å²) in [5.74, 6) is -0.0232. The molecule has 0 saturated carbocycles. The fraction of sp³-hybridized carbons (Fsp3) is 0.591. The SMILES string of the molecule is CN(C)c1ccc(C(=O)N[C@@H](CSCCCC(=O)NO)C(=O)NCCCCCCO)cc1. The third-order valence-electron chi connectivity index (χ3n) is 4.75. The molecule has 0 heterocycles. The molecule has 0 saturated heterocycles. The van der Waals surface area contributed by atoms with Crippen molar-refractivity contribution in [3.05, 3.63) is 29.8 Å². The molecule has 0 aromatic heterocycles. The molecule has 10 heteroatoms. The molecular weight excluding hydrogens is 432 g/mol. The van der Waals surface area contributed by atoms with E-state index in [2.05, 4.69) is 10.6 Å². The normalized spacial score (nSPS) is 11.5. The number of nitrogens with one attached hydrogen (secondary N) is 3. The number of hydrogen-bond donors (Lipinski definition) is 5. The lowest BCUT2D eigenvalue weighted by Crippen LogP contribution is -2.48. The minimum atomic E-state index is -0.704. The second-order valence-corrected chi connectivity index (χ2v) is 8.76. The average molecular weight is 469 g/mol. The van der Waals surface area contributed by atoms with Gasteiger partial charge in [-0.25, -0.2) is 5.48 Å². The topological polar surface area (TPSA) is 131 Å². The maximum absolute atomic E-state index is 12.7. The second-order valence-electron chi connectivity index (χ2n) is 7.61. The van der Waals surface area contributed by atoms with Crippen LogP contribution in [0.25, 0.3) is 0 Å². The Bertz CT molecular complexity index is 700. The molecule has 0 aliphatic heterocycles. The maximum atomic E-state index is 12.7. The summed E-state index contributed by atoms with van der Waals surface area (Å²) >= 11 is 1.46. The smallest absolute Gasteiger partial charge is 0.251 e. The van der Waals surface area contributed by atoms with Crippen molar-refractivity contribution in [2.24, 2.45) is 0 Å². The molecule has 0 fully saturated rings. The first kappa shape index (κ1) is 27.7. The number of hydroxylamine groups is 1. The molecule has 0 spiro atoms. The highest BCUT2D eigenvalue weighted by Gasteiger charge is 2.21. The van der Waals surface area contributed by atoms with Gasteiger partial charge in [-0.1, -0.05) is 12.8 Å². The average Bonchev–Trinajstić information content (AvgIpc) is 2.79. The Hall–Kier alpha value is -2.30. The molecule has 180 valence electrons. The van der Waals surface area contributed by atoms with Crippen LogP contribution in [0.4, 0.5) is 5.69 Å². The Balaban J connectivity index is 2.61. The molecule has 3 amide bonds. The van der Waals surface area contributed by atoms with Crippen LogP contribution in [-0.4, -0.2) is 72.8 Å². The monoisotopic (exact) mass is 468 g/mol. The minimum Gasteiger partial charge on any atom is -0.396 e. The molecular formula is C22H36N4O5S. The van der Waals surface area contributed by atoms with Crippen LogP contribution in [0.3, 0.4) is 0 Å². The van der Waals surface area contributed by atoms with E-state index in [0.29, 0.717) is 30.0 Å². The lowest BCUT2D eigenvalue weighted by atomic mass is 10.1. The zero-order chi connectivity index (χ0) is 23.8. The highest BCUT2D eigenvalue weighted by molar-refractivity contribution is 7.99. The van der Waals surface area contributed by atoms with Crippen molar-refractivity contribution in [1.29, 1.82) is 0 Å². The Labute approximate surface area is 194 Å². The summed E-state index contributed by atoms with van der Waals surface area (Å²) in [4.78, 5) is 38.4. The van der Waals surface area contributed by atoms with Gasteiger partial charge in [0.15, 0.2) is 0 Å². The summed E-state index contributed by atoms with van der Waals surface area (Å²) in [7, 11) is 3.83. The van der Waals surface area contributed by atoms with Crippen LogP contribution in [0, 0.1) is 0 Å². The van der Waals surface area contributed by atoms with Crippen LogP contribution in [0.2, 0.25) is 0 Å². The van der Waals surface area contributed by atoms with Crippen LogP contribution >= 0.6 is 11.8 Å². The molecule has 9 nitrogen and oxygen atoms in total. The number of carbonyl (C=O) groups is 3. The van der Waals surface area contributed by atoms with E-state index in [1.807, 2.05) is 31.1 Å².